The van der Waals surface area contributed by atoms with E-state index in [4.69, 9.17) is 0 Å². The van der Waals surface area contributed by atoms with Crippen LogP contribution < -0.4 is 0 Å². The zero-order chi connectivity index (χ0) is 14.9. The van der Waals surface area contributed by atoms with Crippen LogP contribution in [-0.2, 0) is 11.3 Å². The molecule has 0 bridgehead atoms. The summed E-state index contributed by atoms with van der Waals surface area (Å²) in [7, 11) is 0. The van der Waals surface area contributed by atoms with E-state index in [1.807, 2.05) is 16.9 Å². The molecule has 2 heterocycles. The van der Waals surface area contributed by atoms with Crippen LogP contribution in [-0.4, -0.2) is 56.6 Å². The van der Waals surface area contributed by atoms with Crippen LogP contribution in [0.25, 0.3) is 0 Å². The summed E-state index contributed by atoms with van der Waals surface area (Å²) in [6.07, 6.45) is 6.29. The number of carboxylic acids is 1. The first-order valence-corrected chi connectivity index (χ1v) is 7.71. The Bertz CT molecular complexity index is 486. The van der Waals surface area contributed by atoms with E-state index in [0.717, 1.165) is 32.5 Å². The monoisotopic (exact) mass is 293 g/mol. The number of rotatable bonds is 6. The molecule has 0 amide bonds. The zero-order valence-corrected chi connectivity index (χ0v) is 12.2. The first-order chi connectivity index (χ1) is 10.1. The number of hydrogen-bond donors (Lipinski definition) is 2. The van der Waals surface area contributed by atoms with Gasteiger partial charge in [-0.05, 0) is 24.8 Å². The number of aromatic nitrogens is 2. The van der Waals surface area contributed by atoms with E-state index in [1.54, 1.807) is 6.20 Å². The van der Waals surface area contributed by atoms with Gasteiger partial charge in [0.1, 0.15) is 5.41 Å². The number of likely N-dealkylation sites (tertiary alicyclic amines) is 1. The van der Waals surface area contributed by atoms with E-state index in [1.165, 1.54) is 0 Å². The van der Waals surface area contributed by atoms with Gasteiger partial charge in [-0.2, -0.15) is 5.10 Å². The minimum absolute atomic E-state index is 0.446. The van der Waals surface area contributed by atoms with Gasteiger partial charge in [-0.3, -0.25) is 9.48 Å². The Kier molecular flexibility index (Phi) is 3.99. The maximum Gasteiger partial charge on any atom is 0.313 e. The van der Waals surface area contributed by atoms with Crippen molar-refractivity contribution < 1.29 is 15.0 Å². The molecule has 6 nitrogen and oxygen atoms in total. The molecule has 2 atom stereocenters. The molecule has 1 saturated heterocycles. The number of nitrogens with zero attached hydrogens (tertiary/aromatic N) is 3. The molecule has 1 aliphatic carbocycles. The molecule has 21 heavy (non-hydrogen) atoms. The van der Waals surface area contributed by atoms with E-state index < -0.39 is 17.5 Å². The standard InChI is InChI=1S/C15H23N3O3/c19-13-4-7-17(8-9-18-6-1-5-16-18)11-15(13,14(20)21)10-12-2-3-12/h1,5-6,12-13,19H,2-4,7-11H2,(H,20,21)/t13-,15-/m1/s1. The molecule has 1 saturated carbocycles. The van der Waals surface area contributed by atoms with Crippen molar-refractivity contribution in [1.82, 2.24) is 14.7 Å². The quantitative estimate of drug-likeness (QED) is 0.812. The minimum atomic E-state index is -0.983. The van der Waals surface area contributed by atoms with E-state index >= 15 is 0 Å². The summed E-state index contributed by atoms with van der Waals surface area (Å²) in [6, 6.07) is 1.88. The number of aliphatic hydroxyl groups excluding tert-OH is 1. The number of carboxylic acid groups (broad SMARTS) is 1. The number of aliphatic hydroxyl groups is 1. The average Bonchev–Trinajstić information content (AvgIpc) is 3.11. The number of hydrogen-bond acceptors (Lipinski definition) is 4. The van der Waals surface area contributed by atoms with Crippen LogP contribution >= 0.6 is 0 Å². The molecular formula is C15H23N3O3. The van der Waals surface area contributed by atoms with Crippen molar-refractivity contribution >= 4 is 5.97 Å². The van der Waals surface area contributed by atoms with Crippen molar-refractivity contribution in [1.29, 1.82) is 0 Å². The average molecular weight is 293 g/mol. The summed E-state index contributed by atoms with van der Waals surface area (Å²) in [5, 5.41) is 24.2. The van der Waals surface area contributed by atoms with Crippen molar-refractivity contribution in [3.63, 3.8) is 0 Å². The molecule has 6 heteroatoms. The van der Waals surface area contributed by atoms with Gasteiger partial charge in [0, 0.05) is 32.0 Å². The molecule has 0 unspecified atom stereocenters. The molecule has 2 fully saturated rings. The summed E-state index contributed by atoms with van der Waals surface area (Å²) in [4.78, 5) is 14.0. The summed E-state index contributed by atoms with van der Waals surface area (Å²) < 4.78 is 1.86. The summed E-state index contributed by atoms with van der Waals surface area (Å²) in [5.41, 5.74) is -0.983. The Morgan fingerprint density at radius 2 is 2.14 bits per heavy atom. The van der Waals surface area contributed by atoms with Crippen LogP contribution in [0.2, 0.25) is 0 Å². The lowest BCUT2D eigenvalue weighted by Gasteiger charge is -2.43. The second kappa shape index (κ2) is 5.77. The first kappa shape index (κ1) is 14.5. The molecule has 2 aliphatic rings. The molecule has 1 aromatic heterocycles. The van der Waals surface area contributed by atoms with Gasteiger partial charge in [0.05, 0.1) is 12.6 Å². The maximum absolute atomic E-state index is 11.8. The largest absolute Gasteiger partial charge is 0.481 e. The van der Waals surface area contributed by atoms with Crippen molar-refractivity contribution in [2.24, 2.45) is 11.3 Å². The SMILES string of the molecule is O=C(O)[C@]1(CC2CC2)CN(CCn2cccn2)CC[C@H]1O. The van der Waals surface area contributed by atoms with Gasteiger partial charge in [-0.1, -0.05) is 12.8 Å². The van der Waals surface area contributed by atoms with Crippen LogP contribution in [0.1, 0.15) is 25.7 Å². The predicted octanol–water partition coefficient (Wildman–Crippen LogP) is 0.821. The smallest absolute Gasteiger partial charge is 0.313 e. The highest BCUT2D eigenvalue weighted by molar-refractivity contribution is 5.76. The fourth-order valence-corrected chi connectivity index (χ4v) is 3.37. The number of piperidine rings is 1. The lowest BCUT2D eigenvalue weighted by molar-refractivity contribution is -0.165. The highest BCUT2D eigenvalue weighted by atomic mass is 16.4. The van der Waals surface area contributed by atoms with Gasteiger partial charge in [-0.15, -0.1) is 0 Å². The Hall–Kier alpha value is -1.40. The molecule has 116 valence electrons. The Labute approximate surface area is 124 Å². The van der Waals surface area contributed by atoms with Crippen molar-refractivity contribution in [3.05, 3.63) is 18.5 Å². The number of carbonyl (C=O) groups is 1. The lowest BCUT2D eigenvalue weighted by Crippen LogP contribution is -2.56. The molecule has 3 rings (SSSR count). The van der Waals surface area contributed by atoms with E-state index in [-0.39, 0.29) is 0 Å². The third kappa shape index (κ3) is 3.11. The van der Waals surface area contributed by atoms with Gasteiger partial charge >= 0.3 is 5.97 Å². The second-order valence-corrected chi connectivity index (χ2v) is 6.46. The Morgan fingerprint density at radius 1 is 1.33 bits per heavy atom. The molecule has 0 aromatic carbocycles. The molecule has 0 spiro atoms. The topological polar surface area (TPSA) is 78.6 Å². The molecule has 0 radical (unpaired) electrons. The molecule has 1 aromatic rings. The van der Waals surface area contributed by atoms with Crippen LogP contribution in [0.3, 0.4) is 0 Å². The zero-order valence-electron chi connectivity index (χ0n) is 12.2. The van der Waals surface area contributed by atoms with Gasteiger partial charge in [0.25, 0.3) is 0 Å². The van der Waals surface area contributed by atoms with Crippen molar-refractivity contribution in [3.8, 4) is 0 Å². The van der Waals surface area contributed by atoms with Gasteiger partial charge in [0.2, 0.25) is 0 Å². The Morgan fingerprint density at radius 3 is 2.76 bits per heavy atom. The van der Waals surface area contributed by atoms with E-state index in [0.29, 0.717) is 25.3 Å². The minimum Gasteiger partial charge on any atom is -0.481 e. The normalized spacial score (nSPS) is 30.4. The third-order valence-electron chi connectivity index (χ3n) is 4.84. The van der Waals surface area contributed by atoms with Crippen molar-refractivity contribution in [2.75, 3.05) is 19.6 Å². The highest BCUT2D eigenvalue weighted by Crippen LogP contribution is 2.45. The van der Waals surface area contributed by atoms with E-state index in [2.05, 4.69) is 10.00 Å². The number of aliphatic carboxylic acids is 1. The molecule has 1 aliphatic heterocycles. The van der Waals surface area contributed by atoms with Crippen molar-refractivity contribution in [2.45, 2.75) is 38.3 Å². The second-order valence-electron chi connectivity index (χ2n) is 6.46. The van der Waals surface area contributed by atoms with Gasteiger partial charge in [0.15, 0.2) is 0 Å². The summed E-state index contributed by atoms with van der Waals surface area (Å²) in [5.74, 6) is -0.354. The maximum atomic E-state index is 11.8. The summed E-state index contributed by atoms with van der Waals surface area (Å²) in [6.45, 7) is 2.72. The highest BCUT2D eigenvalue weighted by Gasteiger charge is 2.51. The van der Waals surface area contributed by atoms with Crippen LogP contribution in [0.15, 0.2) is 18.5 Å². The van der Waals surface area contributed by atoms with Gasteiger partial charge in [-0.25, -0.2) is 0 Å². The van der Waals surface area contributed by atoms with E-state index in [9.17, 15) is 15.0 Å². The van der Waals surface area contributed by atoms with Crippen LogP contribution in [0.4, 0.5) is 0 Å². The van der Waals surface area contributed by atoms with Gasteiger partial charge < -0.3 is 15.1 Å². The Balaban J connectivity index is 1.65. The van der Waals surface area contributed by atoms with Crippen LogP contribution in [0, 0.1) is 11.3 Å². The third-order valence-corrected chi connectivity index (χ3v) is 4.84. The van der Waals surface area contributed by atoms with Crippen LogP contribution in [0.5, 0.6) is 0 Å². The fourth-order valence-electron chi connectivity index (χ4n) is 3.37. The predicted molar refractivity (Wildman–Crippen MR) is 76.7 cm³/mol. The fraction of sp³-hybridized carbons (Fsp3) is 0.733. The lowest BCUT2D eigenvalue weighted by atomic mass is 9.73. The first-order valence-electron chi connectivity index (χ1n) is 7.71. The molecule has 2 N–H and O–H groups in total. The molecular weight excluding hydrogens is 270 g/mol. The summed E-state index contributed by atoms with van der Waals surface area (Å²) >= 11 is 0.